The molecule has 1 fully saturated rings. The van der Waals surface area contributed by atoms with Crippen molar-refractivity contribution >= 4 is 24.0 Å². The first-order chi connectivity index (χ1) is 13.2. The minimum Gasteiger partial charge on any atom is -0.330 e. The number of amides is 1. The number of anilines is 1. The smallest absolute Gasteiger partial charge is 0.238 e. The van der Waals surface area contributed by atoms with Gasteiger partial charge in [-0.2, -0.15) is 0 Å². The molecule has 2 aromatic rings. The molecule has 0 saturated carbocycles. The number of benzene rings is 2. The molecule has 0 aliphatic carbocycles. The zero-order valence-electron chi connectivity index (χ0n) is 16.9. The second kappa shape index (κ2) is 10.6. The standard InChI is InChI=1S/C23H31N3O.ClH/c1-3-17-11-8-12-18(4-2)23(17)25-22(27)16-26-14-20(13-24)21(15-26)19-9-6-5-7-10-19;/h5-12,20-21H,3-4,13-16,24H2,1-2H3,(H,25,27);1H/t20-,21+;/m1./s1. The van der Waals surface area contributed by atoms with Crippen LogP contribution in [0.25, 0.3) is 0 Å². The maximum absolute atomic E-state index is 12.8. The Morgan fingerprint density at radius 3 is 2.25 bits per heavy atom. The third-order valence-electron chi connectivity index (χ3n) is 5.68. The molecular formula is C23H32ClN3O. The molecule has 152 valence electrons. The highest BCUT2D eigenvalue weighted by Gasteiger charge is 2.33. The fourth-order valence-electron chi connectivity index (χ4n) is 4.19. The number of nitrogens with two attached hydrogens (primary N) is 1. The summed E-state index contributed by atoms with van der Waals surface area (Å²) >= 11 is 0. The Balaban J connectivity index is 0.00000280. The summed E-state index contributed by atoms with van der Waals surface area (Å²) in [5, 5.41) is 3.18. The van der Waals surface area contributed by atoms with Gasteiger partial charge in [0.15, 0.2) is 0 Å². The average Bonchev–Trinajstić information content (AvgIpc) is 3.11. The molecule has 0 aromatic heterocycles. The van der Waals surface area contributed by atoms with Gasteiger partial charge < -0.3 is 11.1 Å². The van der Waals surface area contributed by atoms with Gasteiger partial charge in [0.2, 0.25) is 5.91 Å². The van der Waals surface area contributed by atoms with E-state index < -0.39 is 0 Å². The Labute approximate surface area is 174 Å². The average molecular weight is 402 g/mol. The molecule has 1 aliphatic heterocycles. The first-order valence-corrected chi connectivity index (χ1v) is 10.0. The summed E-state index contributed by atoms with van der Waals surface area (Å²) in [7, 11) is 0. The molecule has 28 heavy (non-hydrogen) atoms. The van der Waals surface area contributed by atoms with Crippen LogP contribution in [0.5, 0.6) is 0 Å². The van der Waals surface area contributed by atoms with E-state index in [1.807, 2.05) is 6.07 Å². The second-order valence-electron chi connectivity index (χ2n) is 7.41. The molecule has 0 unspecified atom stereocenters. The third-order valence-corrected chi connectivity index (χ3v) is 5.68. The quantitative estimate of drug-likeness (QED) is 0.740. The third kappa shape index (κ3) is 5.13. The Morgan fingerprint density at radius 2 is 1.68 bits per heavy atom. The van der Waals surface area contributed by atoms with E-state index in [0.717, 1.165) is 31.6 Å². The molecule has 1 aliphatic rings. The molecule has 1 saturated heterocycles. The van der Waals surface area contributed by atoms with E-state index in [1.165, 1.54) is 16.7 Å². The van der Waals surface area contributed by atoms with Crippen LogP contribution in [0.4, 0.5) is 5.69 Å². The summed E-state index contributed by atoms with van der Waals surface area (Å²) in [6.07, 6.45) is 1.83. The molecule has 0 bridgehead atoms. The Hall–Kier alpha value is -1.88. The number of nitrogens with one attached hydrogen (secondary N) is 1. The number of rotatable bonds is 7. The van der Waals surface area contributed by atoms with Crippen LogP contribution in [-0.2, 0) is 17.6 Å². The van der Waals surface area contributed by atoms with Crippen molar-refractivity contribution in [1.82, 2.24) is 4.90 Å². The number of aryl methyl sites for hydroxylation is 2. The highest BCUT2D eigenvalue weighted by molar-refractivity contribution is 5.93. The van der Waals surface area contributed by atoms with Gasteiger partial charge in [0.25, 0.3) is 0 Å². The van der Waals surface area contributed by atoms with Crippen molar-refractivity contribution in [2.45, 2.75) is 32.6 Å². The molecule has 5 heteroatoms. The topological polar surface area (TPSA) is 58.4 Å². The van der Waals surface area contributed by atoms with Crippen LogP contribution < -0.4 is 11.1 Å². The van der Waals surface area contributed by atoms with Gasteiger partial charge in [0.1, 0.15) is 0 Å². The van der Waals surface area contributed by atoms with E-state index in [2.05, 4.69) is 66.5 Å². The van der Waals surface area contributed by atoms with E-state index in [4.69, 9.17) is 5.73 Å². The summed E-state index contributed by atoms with van der Waals surface area (Å²) in [5.74, 6) is 0.863. The largest absolute Gasteiger partial charge is 0.330 e. The van der Waals surface area contributed by atoms with Gasteiger partial charge >= 0.3 is 0 Å². The SMILES string of the molecule is CCc1cccc(CC)c1NC(=O)CN1C[C@@H](CN)[C@H](c2ccccc2)C1.Cl. The number of hydrogen-bond donors (Lipinski definition) is 2. The molecule has 3 N–H and O–H groups in total. The number of halogens is 1. The number of carbonyl (C=O) groups excluding carboxylic acids is 1. The highest BCUT2D eigenvalue weighted by atomic mass is 35.5. The lowest BCUT2D eigenvalue weighted by molar-refractivity contribution is -0.117. The number of para-hydroxylation sites is 1. The van der Waals surface area contributed by atoms with E-state index in [-0.39, 0.29) is 18.3 Å². The molecule has 1 heterocycles. The summed E-state index contributed by atoms with van der Waals surface area (Å²) in [6, 6.07) is 16.8. The van der Waals surface area contributed by atoms with Gasteiger partial charge in [-0.05, 0) is 42.0 Å². The molecular weight excluding hydrogens is 370 g/mol. The van der Waals surface area contributed by atoms with Gasteiger partial charge in [-0.3, -0.25) is 9.69 Å². The van der Waals surface area contributed by atoms with Crippen LogP contribution in [0, 0.1) is 5.92 Å². The van der Waals surface area contributed by atoms with E-state index >= 15 is 0 Å². The van der Waals surface area contributed by atoms with Crippen LogP contribution >= 0.6 is 12.4 Å². The van der Waals surface area contributed by atoms with Crippen molar-refractivity contribution in [3.63, 3.8) is 0 Å². The molecule has 1 amide bonds. The predicted octanol–water partition coefficient (Wildman–Crippen LogP) is 3.85. The van der Waals surface area contributed by atoms with E-state index in [0.29, 0.717) is 24.9 Å². The number of carbonyl (C=O) groups is 1. The second-order valence-corrected chi connectivity index (χ2v) is 7.41. The number of nitrogens with zero attached hydrogens (tertiary/aromatic N) is 1. The minimum absolute atomic E-state index is 0. The van der Waals surface area contributed by atoms with E-state index in [1.54, 1.807) is 0 Å². The summed E-state index contributed by atoms with van der Waals surface area (Å²) < 4.78 is 0. The van der Waals surface area contributed by atoms with Crippen LogP contribution in [0.3, 0.4) is 0 Å². The fourth-order valence-corrected chi connectivity index (χ4v) is 4.19. The molecule has 2 atom stereocenters. The van der Waals surface area contributed by atoms with Gasteiger partial charge in [0, 0.05) is 24.7 Å². The minimum atomic E-state index is 0. The monoisotopic (exact) mass is 401 g/mol. The molecule has 4 nitrogen and oxygen atoms in total. The van der Waals surface area contributed by atoms with Crippen LogP contribution in [0.2, 0.25) is 0 Å². The first-order valence-electron chi connectivity index (χ1n) is 10.0. The Kier molecular flexibility index (Phi) is 8.49. The summed E-state index contributed by atoms with van der Waals surface area (Å²) in [5.41, 5.74) is 10.7. The van der Waals surface area contributed by atoms with Crippen molar-refractivity contribution in [2.75, 3.05) is 31.5 Å². The van der Waals surface area contributed by atoms with E-state index in [9.17, 15) is 4.79 Å². The lowest BCUT2D eigenvalue weighted by Gasteiger charge is -2.18. The maximum atomic E-state index is 12.8. The molecule has 2 aromatic carbocycles. The zero-order chi connectivity index (χ0) is 19.2. The van der Waals surface area contributed by atoms with Crippen LogP contribution in [0.1, 0.15) is 36.5 Å². The van der Waals surface area contributed by atoms with Crippen molar-refractivity contribution in [2.24, 2.45) is 11.7 Å². The van der Waals surface area contributed by atoms with Gasteiger partial charge in [0.05, 0.1) is 6.54 Å². The van der Waals surface area contributed by atoms with Crippen molar-refractivity contribution in [1.29, 1.82) is 0 Å². The molecule has 0 radical (unpaired) electrons. The maximum Gasteiger partial charge on any atom is 0.238 e. The number of hydrogen-bond acceptors (Lipinski definition) is 3. The lowest BCUT2D eigenvalue weighted by atomic mass is 9.89. The van der Waals surface area contributed by atoms with Crippen LogP contribution in [0.15, 0.2) is 48.5 Å². The summed E-state index contributed by atoms with van der Waals surface area (Å²) in [4.78, 5) is 15.0. The van der Waals surface area contributed by atoms with Gasteiger partial charge in [-0.15, -0.1) is 12.4 Å². The van der Waals surface area contributed by atoms with Crippen molar-refractivity contribution < 1.29 is 4.79 Å². The first kappa shape index (κ1) is 22.4. The molecule has 0 spiro atoms. The summed E-state index contributed by atoms with van der Waals surface area (Å²) in [6.45, 7) is 7.08. The van der Waals surface area contributed by atoms with Crippen molar-refractivity contribution in [3.8, 4) is 0 Å². The fraction of sp³-hybridized carbons (Fsp3) is 0.435. The highest BCUT2D eigenvalue weighted by Crippen LogP contribution is 2.32. The predicted molar refractivity (Wildman–Crippen MR) is 119 cm³/mol. The van der Waals surface area contributed by atoms with Gasteiger partial charge in [-0.25, -0.2) is 0 Å². The van der Waals surface area contributed by atoms with Gasteiger partial charge in [-0.1, -0.05) is 62.4 Å². The zero-order valence-corrected chi connectivity index (χ0v) is 17.7. The Morgan fingerprint density at radius 1 is 1.04 bits per heavy atom. The lowest BCUT2D eigenvalue weighted by Crippen LogP contribution is -2.32. The molecule has 3 rings (SSSR count). The number of likely N-dealkylation sites (tertiary alicyclic amines) is 1. The Bertz CT molecular complexity index is 743. The van der Waals surface area contributed by atoms with Crippen molar-refractivity contribution in [3.05, 3.63) is 65.2 Å². The van der Waals surface area contributed by atoms with Crippen LogP contribution in [-0.4, -0.2) is 37.0 Å². The normalized spacial score (nSPS) is 19.2.